The molecule has 2 aromatic rings. The van der Waals surface area contributed by atoms with Crippen molar-refractivity contribution in [3.05, 3.63) is 41.2 Å². The predicted octanol–water partition coefficient (Wildman–Crippen LogP) is 4.15. The lowest BCUT2D eigenvalue weighted by Crippen LogP contribution is -2.38. The molecule has 1 aliphatic rings. The van der Waals surface area contributed by atoms with Crippen LogP contribution in [0.25, 0.3) is 10.8 Å². The van der Waals surface area contributed by atoms with Gasteiger partial charge in [-0.3, -0.25) is 4.79 Å². The summed E-state index contributed by atoms with van der Waals surface area (Å²) in [5, 5.41) is 2.23. The molecule has 0 spiro atoms. The first-order valence-electron chi connectivity index (χ1n) is 7.42. The maximum absolute atomic E-state index is 12.8. The van der Waals surface area contributed by atoms with Crippen LogP contribution in [0.15, 0.2) is 30.3 Å². The summed E-state index contributed by atoms with van der Waals surface area (Å²) in [6, 6.07) is 9.75. The van der Waals surface area contributed by atoms with Crippen molar-refractivity contribution in [1.29, 1.82) is 0 Å². The van der Waals surface area contributed by atoms with Crippen molar-refractivity contribution in [2.75, 3.05) is 6.54 Å². The van der Waals surface area contributed by atoms with E-state index >= 15 is 0 Å². The lowest BCUT2D eigenvalue weighted by Gasteiger charge is -2.26. The van der Waals surface area contributed by atoms with Gasteiger partial charge in [0.25, 0.3) is 5.91 Å². The molecule has 1 aromatic carbocycles. The van der Waals surface area contributed by atoms with Crippen LogP contribution in [0, 0.1) is 5.92 Å². The van der Waals surface area contributed by atoms with Crippen LogP contribution in [0.1, 0.15) is 37.2 Å². The van der Waals surface area contributed by atoms with Crippen molar-refractivity contribution >= 4 is 28.3 Å². The molecular formula is C17H19ClN2O. The van der Waals surface area contributed by atoms with Gasteiger partial charge in [0.1, 0.15) is 10.8 Å². The fourth-order valence-electron chi connectivity index (χ4n) is 2.52. The summed E-state index contributed by atoms with van der Waals surface area (Å²) < 4.78 is 0. The van der Waals surface area contributed by atoms with Crippen molar-refractivity contribution in [2.45, 2.75) is 32.7 Å². The summed E-state index contributed by atoms with van der Waals surface area (Å²) in [4.78, 5) is 19.0. The van der Waals surface area contributed by atoms with Crippen LogP contribution < -0.4 is 0 Å². The normalized spacial score (nSPS) is 14.7. The highest BCUT2D eigenvalue weighted by Gasteiger charge is 2.29. The van der Waals surface area contributed by atoms with Gasteiger partial charge in [0.15, 0.2) is 0 Å². The number of carbonyl (C=O) groups is 1. The number of hydrogen-bond acceptors (Lipinski definition) is 2. The molecule has 0 radical (unpaired) electrons. The van der Waals surface area contributed by atoms with Gasteiger partial charge in [-0.2, -0.15) is 0 Å². The molecule has 110 valence electrons. The molecule has 4 heteroatoms. The molecule has 0 N–H and O–H groups in total. The smallest absolute Gasteiger partial charge is 0.272 e. The van der Waals surface area contributed by atoms with Gasteiger partial charge < -0.3 is 4.90 Å². The number of carbonyl (C=O) groups excluding carboxylic acids is 1. The second kappa shape index (κ2) is 5.64. The van der Waals surface area contributed by atoms with Crippen molar-refractivity contribution in [3.8, 4) is 0 Å². The Morgan fingerprint density at radius 2 is 2.10 bits per heavy atom. The number of halogens is 1. The largest absolute Gasteiger partial charge is 0.335 e. The molecule has 1 heterocycles. The maximum Gasteiger partial charge on any atom is 0.272 e. The van der Waals surface area contributed by atoms with Crippen molar-refractivity contribution in [2.24, 2.45) is 5.92 Å². The maximum atomic E-state index is 12.8. The zero-order chi connectivity index (χ0) is 15.0. The Kier molecular flexibility index (Phi) is 3.85. The van der Waals surface area contributed by atoms with Gasteiger partial charge in [0.05, 0.1) is 0 Å². The minimum absolute atomic E-state index is 0.0236. The molecule has 21 heavy (non-hydrogen) atoms. The summed E-state index contributed by atoms with van der Waals surface area (Å²) >= 11 is 6.23. The van der Waals surface area contributed by atoms with Gasteiger partial charge in [-0.05, 0) is 44.1 Å². The molecule has 0 saturated heterocycles. The Hall–Kier alpha value is -1.61. The molecule has 1 aromatic heterocycles. The summed E-state index contributed by atoms with van der Waals surface area (Å²) in [6.45, 7) is 4.91. The number of amides is 1. The number of aromatic nitrogens is 1. The van der Waals surface area contributed by atoms with Crippen LogP contribution in [0.3, 0.4) is 0 Å². The van der Waals surface area contributed by atoms with Crippen LogP contribution in [0.2, 0.25) is 5.15 Å². The van der Waals surface area contributed by atoms with Gasteiger partial charge in [0, 0.05) is 18.0 Å². The van der Waals surface area contributed by atoms with Crippen molar-refractivity contribution < 1.29 is 4.79 Å². The third kappa shape index (κ3) is 3.03. The van der Waals surface area contributed by atoms with Crippen LogP contribution in [-0.2, 0) is 0 Å². The molecular weight excluding hydrogens is 284 g/mol. The molecule has 0 aliphatic heterocycles. The summed E-state index contributed by atoms with van der Waals surface area (Å²) in [5.74, 6) is 0.636. The highest BCUT2D eigenvalue weighted by Crippen LogP contribution is 2.31. The minimum Gasteiger partial charge on any atom is -0.335 e. The second-order valence-electron chi connectivity index (χ2n) is 6.01. The Bertz CT molecular complexity index is 680. The molecule has 0 atom stereocenters. The zero-order valence-corrected chi connectivity index (χ0v) is 13.1. The monoisotopic (exact) mass is 302 g/mol. The summed E-state index contributed by atoms with van der Waals surface area (Å²) in [7, 11) is 0. The van der Waals surface area contributed by atoms with E-state index in [4.69, 9.17) is 11.6 Å². The number of nitrogens with zero attached hydrogens (tertiary/aromatic N) is 2. The van der Waals surface area contributed by atoms with Crippen LogP contribution >= 0.6 is 11.6 Å². The molecule has 1 amide bonds. The zero-order valence-electron chi connectivity index (χ0n) is 12.3. The lowest BCUT2D eigenvalue weighted by molar-refractivity contribution is 0.0690. The predicted molar refractivity (Wildman–Crippen MR) is 85.6 cm³/mol. The third-order valence-electron chi connectivity index (χ3n) is 3.95. The molecule has 0 unspecified atom stereocenters. The summed E-state index contributed by atoms with van der Waals surface area (Å²) in [6.07, 6.45) is 2.45. The van der Waals surface area contributed by atoms with E-state index in [0.717, 1.165) is 17.3 Å². The van der Waals surface area contributed by atoms with Gasteiger partial charge in [0.2, 0.25) is 0 Å². The van der Waals surface area contributed by atoms with Gasteiger partial charge in [-0.1, -0.05) is 35.9 Å². The Labute approximate surface area is 129 Å². The van der Waals surface area contributed by atoms with Crippen LogP contribution in [0.4, 0.5) is 0 Å². The van der Waals surface area contributed by atoms with Crippen molar-refractivity contribution in [1.82, 2.24) is 9.88 Å². The SMILES string of the molecule is CC(C)N(CC1CC1)C(=O)c1cc2ccccc2c(Cl)n1. The van der Waals surface area contributed by atoms with Gasteiger partial charge >= 0.3 is 0 Å². The Morgan fingerprint density at radius 3 is 2.76 bits per heavy atom. The second-order valence-corrected chi connectivity index (χ2v) is 6.37. The van der Waals surface area contributed by atoms with E-state index in [9.17, 15) is 4.79 Å². The molecule has 1 saturated carbocycles. The first-order chi connectivity index (χ1) is 10.1. The fraction of sp³-hybridized carbons (Fsp3) is 0.412. The van der Waals surface area contributed by atoms with Gasteiger partial charge in [-0.15, -0.1) is 0 Å². The minimum atomic E-state index is -0.0236. The Morgan fingerprint density at radius 1 is 1.38 bits per heavy atom. The molecule has 1 aliphatic carbocycles. The highest BCUT2D eigenvalue weighted by molar-refractivity contribution is 6.34. The highest BCUT2D eigenvalue weighted by atomic mass is 35.5. The van der Waals surface area contributed by atoms with Crippen LogP contribution in [-0.4, -0.2) is 28.4 Å². The van der Waals surface area contributed by atoms with E-state index in [1.54, 1.807) is 0 Å². The number of hydrogen-bond donors (Lipinski definition) is 0. The fourth-order valence-corrected chi connectivity index (χ4v) is 2.78. The first kappa shape index (κ1) is 14.3. The quantitative estimate of drug-likeness (QED) is 0.795. The molecule has 3 rings (SSSR count). The standard InChI is InChI=1S/C17H19ClN2O/c1-11(2)20(10-12-7-8-12)17(21)15-9-13-5-3-4-6-14(13)16(18)19-15/h3-6,9,11-12H,7-8,10H2,1-2H3. The number of fused-ring (bicyclic) bond motifs is 1. The van der Waals surface area contributed by atoms with Crippen LogP contribution in [0.5, 0.6) is 0 Å². The number of rotatable bonds is 4. The molecule has 1 fully saturated rings. The Balaban J connectivity index is 1.95. The average molecular weight is 303 g/mol. The lowest BCUT2D eigenvalue weighted by atomic mass is 10.1. The van der Waals surface area contributed by atoms with E-state index in [1.165, 1.54) is 12.8 Å². The van der Waals surface area contributed by atoms with Crippen molar-refractivity contribution in [3.63, 3.8) is 0 Å². The van der Waals surface area contributed by atoms with E-state index in [-0.39, 0.29) is 11.9 Å². The third-order valence-corrected chi connectivity index (χ3v) is 4.24. The van der Waals surface area contributed by atoms with E-state index in [2.05, 4.69) is 4.98 Å². The van der Waals surface area contributed by atoms with E-state index in [0.29, 0.717) is 16.8 Å². The van der Waals surface area contributed by atoms with Gasteiger partial charge in [-0.25, -0.2) is 4.98 Å². The summed E-state index contributed by atoms with van der Waals surface area (Å²) in [5.41, 5.74) is 0.438. The van der Waals surface area contributed by atoms with E-state index < -0.39 is 0 Å². The molecule has 0 bridgehead atoms. The van der Waals surface area contributed by atoms with E-state index in [1.807, 2.05) is 49.1 Å². The first-order valence-corrected chi connectivity index (χ1v) is 7.80. The molecule has 3 nitrogen and oxygen atoms in total. The number of pyridine rings is 1. The average Bonchev–Trinajstić information content (AvgIpc) is 3.28. The number of benzene rings is 1. The topological polar surface area (TPSA) is 33.2 Å².